The number of nitrogens with one attached hydrogen (secondary N) is 3. The summed E-state index contributed by atoms with van der Waals surface area (Å²) >= 11 is 6.10. The van der Waals surface area contributed by atoms with E-state index in [1.54, 1.807) is 18.3 Å². The molecule has 0 unspecified atom stereocenters. The third kappa shape index (κ3) is 6.17. The number of fused-ring (bicyclic) bond motifs is 1. The fraction of sp³-hybridized carbons (Fsp3) is 0.231. The van der Waals surface area contributed by atoms with Crippen LogP contribution in [0.15, 0.2) is 65.8 Å². The van der Waals surface area contributed by atoms with Crippen LogP contribution in [0.3, 0.4) is 0 Å². The number of aromatic nitrogens is 2. The van der Waals surface area contributed by atoms with Crippen molar-refractivity contribution >= 4 is 49.9 Å². The highest BCUT2D eigenvalue weighted by Gasteiger charge is 2.26. The first kappa shape index (κ1) is 27.4. The van der Waals surface area contributed by atoms with Crippen LogP contribution in [-0.4, -0.2) is 49.0 Å². The second-order valence-corrected chi connectivity index (χ2v) is 11.3. The fourth-order valence-corrected chi connectivity index (χ4v) is 5.44. The van der Waals surface area contributed by atoms with Crippen molar-refractivity contribution in [2.24, 2.45) is 5.92 Å². The maximum atomic E-state index is 13.1. The maximum Gasteiger partial charge on any atom is 0.293 e. The standard InChI is InChI=1S/C26H24ClN5O7S/c27-18-1-3-21(24(12-18)39-19-11-17-5-8-28-25(17)30-15-19)26(33)31-40(36,37)20-2-4-22(23(13-20)32(34)35)29-14-16-6-9-38-10-7-16/h1-5,8,11-13,15-16,29H,6-7,9-10,14H2,(H,28,30)(H,31,33). The molecule has 5 rings (SSSR count). The van der Waals surface area contributed by atoms with Crippen molar-refractivity contribution in [3.05, 3.63) is 81.6 Å². The van der Waals surface area contributed by atoms with Crippen LogP contribution in [0, 0.1) is 16.0 Å². The number of sulfonamides is 1. The van der Waals surface area contributed by atoms with Crippen LogP contribution >= 0.6 is 11.6 Å². The summed E-state index contributed by atoms with van der Waals surface area (Å²) in [6.45, 7) is 1.74. The number of halogens is 1. The molecule has 40 heavy (non-hydrogen) atoms. The summed E-state index contributed by atoms with van der Waals surface area (Å²) in [6.07, 6.45) is 4.80. The predicted octanol–water partition coefficient (Wildman–Crippen LogP) is 4.87. The van der Waals surface area contributed by atoms with Gasteiger partial charge in [-0.3, -0.25) is 14.9 Å². The monoisotopic (exact) mass is 585 g/mol. The Morgan fingerprint density at radius 3 is 2.75 bits per heavy atom. The Hall–Kier alpha value is -4.20. The maximum absolute atomic E-state index is 13.1. The number of carbonyl (C=O) groups is 1. The fourth-order valence-electron chi connectivity index (χ4n) is 4.29. The number of ether oxygens (including phenoxy) is 2. The topological polar surface area (TPSA) is 166 Å². The van der Waals surface area contributed by atoms with E-state index in [1.165, 1.54) is 36.5 Å². The predicted molar refractivity (Wildman–Crippen MR) is 147 cm³/mol. The normalized spacial score (nSPS) is 14.1. The van der Waals surface area contributed by atoms with Crippen molar-refractivity contribution in [3.8, 4) is 11.5 Å². The molecule has 208 valence electrons. The number of hydrogen-bond donors (Lipinski definition) is 3. The minimum Gasteiger partial charge on any atom is -0.455 e. The third-order valence-corrected chi connectivity index (χ3v) is 7.98. The lowest BCUT2D eigenvalue weighted by molar-refractivity contribution is -0.384. The molecular formula is C26H24ClN5O7S. The van der Waals surface area contributed by atoms with Gasteiger partial charge in [-0.25, -0.2) is 18.1 Å². The molecule has 1 aliphatic rings. The molecular weight excluding hydrogens is 562 g/mol. The van der Waals surface area contributed by atoms with Crippen LogP contribution in [0.25, 0.3) is 11.0 Å². The number of nitrogens with zero attached hydrogens (tertiary/aromatic N) is 2. The molecule has 0 saturated carbocycles. The number of pyridine rings is 1. The van der Waals surface area contributed by atoms with E-state index in [1.807, 2.05) is 4.72 Å². The molecule has 2 aromatic heterocycles. The van der Waals surface area contributed by atoms with Crippen molar-refractivity contribution in [1.29, 1.82) is 0 Å². The van der Waals surface area contributed by atoms with Gasteiger partial charge in [0.2, 0.25) is 0 Å². The lowest BCUT2D eigenvalue weighted by Gasteiger charge is -2.22. The molecule has 1 amide bonds. The molecule has 2 aromatic carbocycles. The minimum atomic E-state index is -4.49. The zero-order valence-corrected chi connectivity index (χ0v) is 22.5. The van der Waals surface area contributed by atoms with E-state index in [4.69, 9.17) is 21.1 Å². The molecule has 3 heterocycles. The van der Waals surface area contributed by atoms with Gasteiger partial charge < -0.3 is 19.8 Å². The Morgan fingerprint density at radius 2 is 1.98 bits per heavy atom. The van der Waals surface area contributed by atoms with Gasteiger partial charge in [0, 0.05) is 48.5 Å². The smallest absolute Gasteiger partial charge is 0.293 e. The number of anilines is 1. The molecule has 1 aliphatic heterocycles. The van der Waals surface area contributed by atoms with Crippen molar-refractivity contribution in [1.82, 2.24) is 14.7 Å². The van der Waals surface area contributed by atoms with Crippen LogP contribution in [0.5, 0.6) is 11.5 Å². The summed E-state index contributed by atoms with van der Waals surface area (Å²) in [4.78, 5) is 30.9. The summed E-state index contributed by atoms with van der Waals surface area (Å²) in [5, 5.41) is 15.8. The van der Waals surface area contributed by atoms with E-state index >= 15 is 0 Å². The van der Waals surface area contributed by atoms with Crippen molar-refractivity contribution < 1.29 is 27.6 Å². The van der Waals surface area contributed by atoms with Crippen molar-refractivity contribution in [2.45, 2.75) is 17.7 Å². The Labute approximate surface area is 233 Å². The molecule has 3 N–H and O–H groups in total. The van der Waals surface area contributed by atoms with Gasteiger partial charge >= 0.3 is 0 Å². The largest absolute Gasteiger partial charge is 0.455 e. The highest BCUT2D eigenvalue weighted by Crippen LogP contribution is 2.31. The Kier molecular flexibility index (Phi) is 7.87. The number of benzene rings is 2. The lowest BCUT2D eigenvalue weighted by atomic mass is 10.0. The SMILES string of the molecule is O=C(NS(=O)(=O)c1ccc(NCC2CCOCC2)c([N+](=O)[O-])c1)c1ccc(Cl)cc1Oc1cnc2[nH]ccc2c1. The highest BCUT2D eigenvalue weighted by molar-refractivity contribution is 7.90. The summed E-state index contributed by atoms with van der Waals surface area (Å²) in [5.74, 6) is -0.430. The summed E-state index contributed by atoms with van der Waals surface area (Å²) in [7, 11) is -4.49. The van der Waals surface area contributed by atoms with E-state index < -0.39 is 31.4 Å². The molecule has 0 aliphatic carbocycles. The van der Waals surface area contributed by atoms with Gasteiger partial charge in [-0.15, -0.1) is 0 Å². The van der Waals surface area contributed by atoms with Gasteiger partial charge in [-0.2, -0.15) is 0 Å². The van der Waals surface area contributed by atoms with E-state index in [2.05, 4.69) is 15.3 Å². The van der Waals surface area contributed by atoms with Gasteiger partial charge in [0.05, 0.1) is 21.6 Å². The lowest BCUT2D eigenvalue weighted by Crippen LogP contribution is -2.31. The van der Waals surface area contributed by atoms with Gasteiger partial charge in [0.15, 0.2) is 0 Å². The van der Waals surface area contributed by atoms with Crippen LogP contribution in [-0.2, 0) is 14.8 Å². The molecule has 0 bridgehead atoms. The van der Waals surface area contributed by atoms with E-state index in [9.17, 15) is 23.3 Å². The van der Waals surface area contributed by atoms with Crippen molar-refractivity contribution in [3.63, 3.8) is 0 Å². The summed E-state index contributed by atoms with van der Waals surface area (Å²) < 4.78 is 39.3. The molecule has 4 aromatic rings. The number of nitro groups is 1. The minimum absolute atomic E-state index is 0.00414. The number of amides is 1. The Morgan fingerprint density at radius 1 is 1.18 bits per heavy atom. The van der Waals surface area contributed by atoms with Crippen LogP contribution in [0.4, 0.5) is 11.4 Å². The quantitative estimate of drug-likeness (QED) is 0.183. The number of hydrogen-bond acceptors (Lipinski definition) is 9. The Bertz CT molecular complexity index is 1690. The van der Waals surface area contributed by atoms with E-state index in [0.29, 0.717) is 31.2 Å². The van der Waals surface area contributed by atoms with Gasteiger partial charge in [-0.05, 0) is 55.2 Å². The molecule has 12 nitrogen and oxygen atoms in total. The number of aromatic amines is 1. The molecule has 1 saturated heterocycles. The van der Waals surface area contributed by atoms with Crippen LogP contribution < -0.4 is 14.8 Å². The molecule has 0 atom stereocenters. The number of carbonyl (C=O) groups excluding carboxylic acids is 1. The average Bonchev–Trinajstić information content (AvgIpc) is 3.40. The second kappa shape index (κ2) is 11.5. The van der Waals surface area contributed by atoms with Gasteiger partial charge in [0.25, 0.3) is 21.6 Å². The third-order valence-electron chi connectivity index (χ3n) is 6.42. The van der Waals surface area contributed by atoms with Gasteiger partial charge in [-0.1, -0.05) is 11.6 Å². The number of H-pyrrole nitrogens is 1. The number of nitro benzene ring substituents is 1. The first-order valence-corrected chi connectivity index (χ1v) is 14.1. The van der Waals surface area contributed by atoms with Crippen LogP contribution in [0.1, 0.15) is 23.2 Å². The number of rotatable bonds is 9. The Balaban J connectivity index is 1.35. The van der Waals surface area contributed by atoms with Crippen molar-refractivity contribution in [2.75, 3.05) is 25.1 Å². The first-order valence-electron chi connectivity index (χ1n) is 12.3. The second-order valence-electron chi connectivity index (χ2n) is 9.14. The summed E-state index contributed by atoms with van der Waals surface area (Å²) in [6, 6.07) is 11.0. The molecule has 14 heteroatoms. The average molecular weight is 586 g/mol. The zero-order chi connectivity index (χ0) is 28.3. The van der Waals surface area contributed by atoms with Crippen LogP contribution in [0.2, 0.25) is 5.02 Å². The highest BCUT2D eigenvalue weighted by atomic mass is 35.5. The molecule has 1 fully saturated rings. The van der Waals surface area contributed by atoms with E-state index in [-0.39, 0.29) is 27.9 Å². The zero-order valence-electron chi connectivity index (χ0n) is 20.9. The van der Waals surface area contributed by atoms with E-state index in [0.717, 1.165) is 24.3 Å². The summed E-state index contributed by atoms with van der Waals surface area (Å²) in [5.41, 5.74) is 0.279. The first-order chi connectivity index (χ1) is 19.2. The molecule has 0 spiro atoms. The molecule has 0 radical (unpaired) electrons. The van der Waals surface area contributed by atoms with Gasteiger partial charge in [0.1, 0.15) is 22.8 Å².